The van der Waals surface area contributed by atoms with E-state index in [-0.39, 0.29) is 0 Å². The first kappa shape index (κ1) is 17.2. The van der Waals surface area contributed by atoms with Crippen LogP contribution in [0.15, 0.2) is 18.2 Å². The molecule has 0 aliphatic rings. The van der Waals surface area contributed by atoms with Crippen LogP contribution in [0.1, 0.15) is 31.2 Å². The van der Waals surface area contributed by atoms with Gasteiger partial charge < -0.3 is 14.8 Å². The third-order valence-corrected chi connectivity index (χ3v) is 3.95. The van der Waals surface area contributed by atoms with E-state index >= 15 is 0 Å². The molecule has 0 fully saturated rings. The van der Waals surface area contributed by atoms with E-state index in [0.717, 1.165) is 30.2 Å². The minimum Gasteiger partial charge on any atom is -0.497 e. The lowest BCUT2D eigenvalue weighted by molar-refractivity contribution is 0.397. The van der Waals surface area contributed by atoms with Crippen LogP contribution in [0, 0.1) is 0 Å². The van der Waals surface area contributed by atoms with Crippen molar-refractivity contribution in [1.29, 1.82) is 0 Å². The second kappa shape index (κ2) is 10.9. The number of benzene rings is 1. The zero-order valence-electron chi connectivity index (χ0n) is 12.9. The average Bonchev–Trinajstić information content (AvgIpc) is 2.49. The molecule has 1 rings (SSSR count). The van der Waals surface area contributed by atoms with Crippen LogP contribution >= 0.6 is 11.8 Å². The largest absolute Gasteiger partial charge is 0.497 e. The highest BCUT2D eigenvalue weighted by molar-refractivity contribution is 7.98. The van der Waals surface area contributed by atoms with Crippen molar-refractivity contribution in [1.82, 2.24) is 5.32 Å². The van der Waals surface area contributed by atoms with Gasteiger partial charge in [0, 0.05) is 12.1 Å². The summed E-state index contributed by atoms with van der Waals surface area (Å²) in [5.41, 5.74) is 1.15. The molecule has 0 saturated heterocycles. The summed E-state index contributed by atoms with van der Waals surface area (Å²) in [6.45, 7) is 1.88. The molecule has 0 aliphatic heterocycles. The normalized spacial score (nSPS) is 10.6. The second-order valence-electron chi connectivity index (χ2n) is 4.76. The molecule has 0 atom stereocenters. The fraction of sp³-hybridized carbons (Fsp3) is 0.625. The van der Waals surface area contributed by atoms with Gasteiger partial charge in [0.1, 0.15) is 11.5 Å². The van der Waals surface area contributed by atoms with Crippen molar-refractivity contribution < 1.29 is 9.47 Å². The Morgan fingerprint density at radius 1 is 1.05 bits per heavy atom. The van der Waals surface area contributed by atoms with Gasteiger partial charge in [0.05, 0.1) is 14.2 Å². The van der Waals surface area contributed by atoms with E-state index in [9.17, 15) is 0 Å². The van der Waals surface area contributed by atoms with E-state index in [1.807, 2.05) is 30.0 Å². The zero-order valence-corrected chi connectivity index (χ0v) is 13.7. The lowest BCUT2D eigenvalue weighted by atomic mass is 10.1. The fourth-order valence-corrected chi connectivity index (χ4v) is 2.59. The molecule has 0 unspecified atom stereocenters. The Balaban J connectivity index is 2.24. The molecule has 1 aromatic rings. The van der Waals surface area contributed by atoms with E-state index in [0.29, 0.717) is 0 Å². The molecule has 0 radical (unpaired) electrons. The number of hydrogen-bond donors (Lipinski definition) is 1. The van der Waals surface area contributed by atoms with Crippen molar-refractivity contribution in [3.05, 3.63) is 23.8 Å². The standard InChI is InChI=1S/C16H27NO2S/c1-18-15-8-9-16(19-2)14(12-15)13-17-10-6-4-5-7-11-20-3/h8-9,12,17H,4-7,10-11,13H2,1-3H3. The van der Waals surface area contributed by atoms with Gasteiger partial charge >= 0.3 is 0 Å². The molecule has 0 aromatic heterocycles. The molecule has 1 aromatic carbocycles. The maximum absolute atomic E-state index is 5.37. The molecule has 0 aliphatic carbocycles. The van der Waals surface area contributed by atoms with Crippen molar-refractivity contribution in [2.45, 2.75) is 32.2 Å². The Morgan fingerprint density at radius 2 is 1.85 bits per heavy atom. The number of unbranched alkanes of at least 4 members (excludes halogenated alkanes) is 3. The molecule has 1 N–H and O–H groups in total. The molecule has 0 bridgehead atoms. The van der Waals surface area contributed by atoms with Gasteiger partial charge in [0.15, 0.2) is 0 Å². The van der Waals surface area contributed by atoms with Gasteiger partial charge in [-0.15, -0.1) is 0 Å². The minimum absolute atomic E-state index is 0.825. The van der Waals surface area contributed by atoms with Crippen molar-refractivity contribution in [3.63, 3.8) is 0 Å². The summed E-state index contributed by atoms with van der Waals surface area (Å²) >= 11 is 1.93. The number of ether oxygens (including phenoxy) is 2. The van der Waals surface area contributed by atoms with Gasteiger partial charge in [-0.1, -0.05) is 12.8 Å². The number of nitrogens with one attached hydrogen (secondary N) is 1. The fourth-order valence-electron chi connectivity index (χ4n) is 2.09. The molecule has 4 heteroatoms. The highest BCUT2D eigenvalue weighted by Gasteiger charge is 2.04. The average molecular weight is 297 g/mol. The van der Waals surface area contributed by atoms with Gasteiger partial charge in [0.2, 0.25) is 0 Å². The maximum Gasteiger partial charge on any atom is 0.123 e. The maximum atomic E-state index is 5.37. The van der Waals surface area contributed by atoms with Gasteiger partial charge in [0.25, 0.3) is 0 Å². The Kier molecular flexibility index (Phi) is 9.33. The van der Waals surface area contributed by atoms with Crippen LogP contribution in [-0.2, 0) is 6.54 Å². The summed E-state index contributed by atoms with van der Waals surface area (Å²) in [5.74, 6) is 3.08. The van der Waals surface area contributed by atoms with E-state index < -0.39 is 0 Å². The van der Waals surface area contributed by atoms with Crippen molar-refractivity contribution in [2.75, 3.05) is 32.8 Å². The van der Waals surface area contributed by atoms with Gasteiger partial charge in [-0.05, 0) is 49.6 Å². The molecular formula is C16H27NO2S. The Morgan fingerprint density at radius 3 is 2.55 bits per heavy atom. The summed E-state index contributed by atoms with van der Waals surface area (Å²) in [7, 11) is 3.39. The van der Waals surface area contributed by atoms with Gasteiger partial charge in [-0.25, -0.2) is 0 Å². The number of rotatable bonds is 11. The van der Waals surface area contributed by atoms with Crippen LogP contribution < -0.4 is 14.8 Å². The van der Waals surface area contributed by atoms with E-state index in [1.165, 1.54) is 31.4 Å². The summed E-state index contributed by atoms with van der Waals surface area (Å²) in [4.78, 5) is 0. The summed E-state index contributed by atoms with van der Waals surface area (Å²) < 4.78 is 10.6. The lowest BCUT2D eigenvalue weighted by Crippen LogP contribution is -2.15. The zero-order chi connectivity index (χ0) is 14.6. The predicted octanol–water partition coefficient (Wildman–Crippen LogP) is 3.72. The highest BCUT2D eigenvalue weighted by atomic mass is 32.2. The van der Waals surface area contributed by atoms with Crippen LogP contribution in [0.2, 0.25) is 0 Å². The molecule has 20 heavy (non-hydrogen) atoms. The first-order chi connectivity index (χ1) is 9.81. The van der Waals surface area contributed by atoms with Crippen molar-refractivity contribution in [3.8, 4) is 11.5 Å². The SMILES string of the molecule is COc1ccc(OC)c(CNCCCCCCSC)c1. The molecular weight excluding hydrogens is 270 g/mol. The predicted molar refractivity (Wildman–Crippen MR) is 88.1 cm³/mol. The molecule has 114 valence electrons. The summed E-state index contributed by atoms with van der Waals surface area (Å²) in [6, 6.07) is 5.91. The second-order valence-corrected chi connectivity index (χ2v) is 5.75. The van der Waals surface area contributed by atoms with Crippen LogP contribution in [-0.4, -0.2) is 32.8 Å². The molecule has 0 saturated carbocycles. The monoisotopic (exact) mass is 297 g/mol. The first-order valence-electron chi connectivity index (χ1n) is 7.22. The summed E-state index contributed by atoms with van der Waals surface area (Å²) in [5, 5.41) is 3.48. The Hall–Kier alpha value is -0.870. The van der Waals surface area contributed by atoms with Crippen LogP contribution in [0.5, 0.6) is 11.5 Å². The smallest absolute Gasteiger partial charge is 0.123 e. The Labute approximate surface area is 127 Å². The van der Waals surface area contributed by atoms with E-state index in [2.05, 4.69) is 11.6 Å². The molecule has 0 spiro atoms. The lowest BCUT2D eigenvalue weighted by Gasteiger charge is -2.11. The molecule has 3 nitrogen and oxygen atoms in total. The van der Waals surface area contributed by atoms with Gasteiger partial charge in [-0.2, -0.15) is 11.8 Å². The van der Waals surface area contributed by atoms with Crippen LogP contribution in [0.3, 0.4) is 0 Å². The number of methoxy groups -OCH3 is 2. The number of hydrogen-bond acceptors (Lipinski definition) is 4. The Bertz CT molecular complexity index is 371. The number of thioether (sulfide) groups is 1. The highest BCUT2D eigenvalue weighted by Crippen LogP contribution is 2.23. The molecule has 0 heterocycles. The van der Waals surface area contributed by atoms with E-state index in [1.54, 1.807) is 14.2 Å². The van der Waals surface area contributed by atoms with Crippen LogP contribution in [0.25, 0.3) is 0 Å². The quantitative estimate of drug-likeness (QED) is 0.631. The third kappa shape index (κ3) is 6.53. The summed E-state index contributed by atoms with van der Waals surface area (Å²) in [6.07, 6.45) is 7.39. The topological polar surface area (TPSA) is 30.5 Å². The van der Waals surface area contributed by atoms with Crippen molar-refractivity contribution >= 4 is 11.8 Å². The van der Waals surface area contributed by atoms with E-state index in [4.69, 9.17) is 9.47 Å². The van der Waals surface area contributed by atoms with Crippen LogP contribution in [0.4, 0.5) is 0 Å². The van der Waals surface area contributed by atoms with Crippen molar-refractivity contribution in [2.24, 2.45) is 0 Å². The first-order valence-corrected chi connectivity index (χ1v) is 8.61. The minimum atomic E-state index is 0.825. The van der Waals surface area contributed by atoms with Gasteiger partial charge in [-0.3, -0.25) is 0 Å². The third-order valence-electron chi connectivity index (χ3n) is 3.26. The molecule has 0 amide bonds.